The molecule has 1 amide bonds. The van der Waals surface area contributed by atoms with E-state index in [1.165, 1.54) is 11.1 Å². The summed E-state index contributed by atoms with van der Waals surface area (Å²) in [6, 6.07) is 9.92. The highest BCUT2D eigenvalue weighted by molar-refractivity contribution is 5.67. The van der Waals surface area contributed by atoms with Crippen LogP contribution >= 0.6 is 0 Å². The van der Waals surface area contributed by atoms with Gasteiger partial charge in [0.15, 0.2) is 0 Å². The molecule has 1 aromatic rings. The van der Waals surface area contributed by atoms with Crippen molar-refractivity contribution in [3.05, 3.63) is 47.0 Å². The molecule has 0 radical (unpaired) electrons. The molecule has 0 unspecified atom stereocenters. The maximum absolute atomic E-state index is 11.9. The monoisotopic (exact) mass is 273 g/mol. The van der Waals surface area contributed by atoms with Crippen LogP contribution in [-0.4, -0.2) is 12.1 Å². The molecule has 1 aliphatic rings. The van der Waals surface area contributed by atoms with E-state index in [-0.39, 0.29) is 12.1 Å². The first-order valence-corrected chi connectivity index (χ1v) is 7.18. The molecule has 0 aliphatic heterocycles. The number of benzene rings is 1. The second kappa shape index (κ2) is 6.60. The first-order valence-electron chi connectivity index (χ1n) is 7.18. The van der Waals surface area contributed by atoms with Gasteiger partial charge in [0.05, 0.1) is 0 Å². The molecular formula is C17H23NO2. The van der Waals surface area contributed by atoms with E-state index >= 15 is 0 Å². The minimum atomic E-state index is -0.321. The van der Waals surface area contributed by atoms with Crippen molar-refractivity contribution in [3.63, 3.8) is 0 Å². The lowest BCUT2D eigenvalue weighted by molar-refractivity contribution is 0.131. The van der Waals surface area contributed by atoms with Crippen molar-refractivity contribution in [2.24, 2.45) is 5.92 Å². The Bertz CT molecular complexity index is 493. The fraction of sp³-hybridized carbons (Fsp3) is 0.471. The first kappa shape index (κ1) is 14.6. The number of hydrogen-bond acceptors (Lipinski definition) is 2. The van der Waals surface area contributed by atoms with E-state index < -0.39 is 0 Å². The molecule has 3 heteroatoms. The molecule has 0 aromatic heterocycles. The van der Waals surface area contributed by atoms with Crippen LogP contribution in [0.2, 0.25) is 0 Å². The van der Waals surface area contributed by atoms with Gasteiger partial charge in [0.25, 0.3) is 0 Å². The standard InChI is InChI=1S/C17H23NO2/c1-12-9-14(3)16(10-13(12)2)18-17(19)20-11-15-7-5-4-6-8-15/h4-8,14,16H,9-11H2,1-3H3,(H,18,19)/t14-,16-/m1/s1. The Kier molecular flexibility index (Phi) is 4.83. The van der Waals surface area contributed by atoms with Gasteiger partial charge in [-0.25, -0.2) is 4.79 Å². The normalized spacial score (nSPS) is 22.6. The number of rotatable bonds is 3. The van der Waals surface area contributed by atoms with Gasteiger partial charge in [-0.3, -0.25) is 0 Å². The molecule has 1 N–H and O–H groups in total. The lowest BCUT2D eigenvalue weighted by atomic mass is 9.82. The highest BCUT2D eigenvalue weighted by atomic mass is 16.5. The van der Waals surface area contributed by atoms with Gasteiger partial charge in [-0.1, -0.05) is 48.4 Å². The Labute approximate surface area is 121 Å². The molecule has 1 aromatic carbocycles. The number of carbonyl (C=O) groups excluding carboxylic acids is 1. The molecule has 108 valence electrons. The summed E-state index contributed by atoms with van der Waals surface area (Å²) in [7, 11) is 0. The first-order chi connectivity index (χ1) is 9.56. The fourth-order valence-corrected chi connectivity index (χ4v) is 2.61. The van der Waals surface area contributed by atoms with Crippen molar-refractivity contribution in [1.29, 1.82) is 0 Å². The SMILES string of the molecule is CC1=C(C)C[C@@H](NC(=O)OCc2ccccc2)[C@H](C)C1. The van der Waals surface area contributed by atoms with Crippen molar-refractivity contribution in [2.45, 2.75) is 46.3 Å². The molecule has 20 heavy (non-hydrogen) atoms. The lowest BCUT2D eigenvalue weighted by Gasteiger charge is -2.31. The topological polar surface area (TPSA) is 38.3 Å². The maximum Gasteiger partial charge on any atom is 0.407 e. The maximum atomic E-state index is 11.9. The zero-order chi connectivity index (χ0) is 14.5. The Morgan fingerprint density at radius 3 is 2.55 bits per heavy atom. The quantitative estimate of drug-likeness (QED) is 0.844. The number of nitrogens with one attached hydrogen (secondary N) is 1. The van der Waals surface area contributed by atoms with Gasteiger partial charge in [0.2, 0.25) is 0 Å². The zero-order valence-corrected chi connectivity index (χ0v) is 12.5. The van der Waals surface area contributed by atoms with Crippen LogP contribution in [0.1, 0.15) is 39.2 Å². The van der Waals surface area contributed by atoms with E-state index in [4.69, 9.17) is 4.74 Å². The van der Waals surface area contributed by atoms with Gasteiger partial charge < -0.3 is 10.1 Å². The summed E-state index contributed by atoms with van der Waals surface area (Å²) in [4.78, 5) is 11.9. The van der Waals surface area contributed by atoms with Crippen molar-refractivity contribution in [2.75, 3.05) is 0 Å². The third-order valence-electron chi connectivity index (χ3n) is 4.09. The van der Waals surface area contributed by atoms with E-state index in [2.05, 4.69) is 26.1 Å². The largest absolute Gasteiger partial charge is 0.445 e. The Hall–Kier alpha value is -1.77. The van der Waals surface area contributed by atoms with Crippen LogP contribution in [0, 0.1) is 5.92 Å². The van der Waals surface area contributed by atoms with Gasteiger partial charge in [-0.2, -0.15) is 0 Å². The van der Waals surface area contributed by atoms with E-state index in [0.717, 1.165) is 18.4 Å². The summed E-state index contributed by atoms with van der Waals surface area (Å²) in [6.45, 7) is 6.82. The molecule has 0 saturated heterocycles. The second-order valence-electron chi connectivity index (χ2n) is 5.76. The molecule has 0 heterocycles. The summed E-state index contributed by atoms with van der Waals surface area (Å²) < 4.78 is 5.28. The van der Waals surface area contributed by atoms with Crippen LogP contribution in [-0.2, 0) is 11.3 Å². The second-order valence-corrected chi connectivity index (χ2v) is 5.76. The zero-order valence-electron chi connectivity index (χ0n) is 12.5. The van der Waals surface area contributed by atoms with Crippen LogP contribution in [0.25, 0.3) is 0 Å². The third kappa shape index (κ3) is 3.86. The Balaban J connectivity index is 1.83. The average Bonchev–Trinajstić information content (AvgIpc) is 2.44. The summed E-state index contributed by atoms with van der Waals surface area (Å²) in [5.41, 5.74) is 3.84. The van der Waals surface area contributed by atoms with Crippen molar-refractivity contribution in [3.8, 4) is 0 Å². The predicted octanol–water partition coefficient (Wildman–Crippen LogP) is 4.05. The number of carbonyl (C=O) groups is 1. The molecule has 0 fully saturated rings. The molecule has 1 aliphatic carbocycles. The predicted molar refractivity (Wildman–Crippen MR) is 80.3 cm³/mol. The van der Waals surface area contributed by atoms with Crippen molar-refractivity contribution < 1.29 is 9.53 Å². The average molecular weight is 273 g/mol. The minimum Gasteiger partial charge on any atom is -0.445 e. The van der Waals surface area contributed by atoms with E-state index in [0.29, 0.717) is 12.5 Å². The van der Waals surface area contributed by atoms with Crippen LogP contribution in [0.15, 0.2) is 41.5 Å². The van der Waals surface area contributed by atoms with Crippen molar-refractivity contribution >= 4 is 6.09 Å². The summed E-state index contributed by atoms with van der Waals surface area (Å²) >= 11 is 0. The number of ether oxygens (including phenoxy) is 1. The van der Waals surface area contributed by atoms with Crippen LogP contribution in [0.3, 0.4) is 0 Å². The van der Waals surface area contributed by atoms with Gasteiger partial charge in [-0.15, -0.1) is 0 Å². The van der Waals surface area contributed by atoms with Crippen LogP contribution in [0.4, 0.5) is 4.79 Å². The van der Waals surface area contributed by atoms with Crippen LogP contribution < -0.4 is 5.32 Å². The van der Waals surface area contributed by atoms with Gasteiger partial charge in [-0.05, 0) is 38.2 Å². The summed E-state index contributed by atoms with van der Waals surface area (Å²) in [5, 5.41) is 2.99. The summed E-state index contributed by atoms with van der Waals surface area (Å²) in [5.74, 6) is 0.461. The van der Waals surface area contributed by atoms with Gasteiger partial charge >= 0.3 is 6.09 Å². The smallest absolute Gasteiger partial charge is 0.407 e. The highest BCUT2D eigenvalue weighted by Crippen LogP contribution is 2.28. The Morgan fingerprint density at radius 2 is 1.85 bits per heavy atom. The lowest BCUT2D eigenvalue weighted by Crippen LogP contribution is -2.41. The molecule has 2 atom stereocenters. The highest BCUT2D eigenvalue weighted by Gasteiger charge is 2.25. The molecule has 3 nitrogen and oxygen atoms in total. The fourth-order valence-electron chi connectivity index (χ4n) is 2.61. The van der Waals surface area contributed by atoms with Crippen molar-refractivity contribution in [1.82, 2.24) is 5.32 Å². The number of hydrogen-bond donors (Lipinski definition) is 1. The molecule has 0 spiro atoms. The number of amides is 1. The van der Waals surface area contributed by atoms with E-state index in [1.54, 1.807) is 0 Å². The van der Waals surface area contributed by atoms with Gasteiger partial charge in [0, 0.05) is 6.04 Å². The molecule has 0 bridgehead atoms. The Morgan fingerprint density at radius 1 is 1.20 bits per heavy atom. The molecule has 2 rings (SSSR count). The van der Waals surface area contributed by atoms with Crippen LogP contribution in [0.5, 0.6) is 0 Å². The van der Waals surface area contributed by atoms with E-state index in [9.17, 15) is 4.79 Å². The van der Waals surface area contributed by atoms with E-state index in [1.807, 2.05) is 30.3 Å². The number of allylic oxidation sites excluding steroid dienone is 1. The minimum absolute atomic E-state index is 0.182. The summed E-state index contributed by atoms with van der Waals surface area (Å²) in [6.07, 6.45) is 1.65. The number of alkyl carbamates (subject to hydrolysis) is 1. The molecule has 0 saturated carbocycles. The molecular weight excluding hydrogens is 250 g/mol. The third-order valence-corrected chi connectivity index (χ3v) is 4.09. The van der Waals surface area contributed by atoms with Gasteiger partial charge in [0.1, 0.15) is 6.61 Å².